The summed E-state index contributed by atoms with van der Waals surface area (Å²) in [6, 6.07) is 9.26. The summed E-state index contributed by atoms with van der Waals surface area (Å²) < 4.78 is 0. The first-order valence-corrected chi connectivity index (χ1v) is 5.44. The summed E-state index contributed by atoms with van der Waals surface area (Å²) in [5, 5.41) is 24.7. The summed E-state index contributed by atoms with van der Waals surface area (Å²) in [4.78, 5) is 6.64. The fourth-order valence-corrected chi connectivity index (χ4v) is 1.78. The highest BCUT2D eigenvalue weighted by molar-refractivity contribution is 5.84. The van der Waals surface area contributed by atoms with E-state index in [0.29, 0.717) is 5.69 Å². The van der Waals surface area contributed by atoms with Gasteiger partial charge in [-0.15, -0.1) is 0 Å². The number of fused-ring (bicyclic) bond motifs is 1. The summed E-state index contributed by atoms with van der Waals surface area (Å²) in [5.74, 6) is 0. The fraction of sp³-hybridized carbons (Fsp3) is 0.250. The van der Waals surface area contributed by atoms with Crippen LogP contribution in [-0.4, -0.2) is 27.8 Å². The average molecular weight is 244 g/mol. The zero-order valence-corrected chi connectivity index (χ0v) is 9.51. The zero-order chi connectivity index (χ0) is 13.0. The average Bonchev–Trinajstić information content (AvgIpc) is 2.43. The lowest BCUT2D eigenvalue weighted by Crippen LogP contribution is -2.22. The van der Waals surface area contributed by atoms with Crippen molar-refractivity contribution >= 4 is 10.8 Å². The van der Waals surface area contributed by atoms with E-state index < -0.39 is 12.2 Å². The maximum absolute atomic E-state index is 10.0. The molecule has 0 aliphatic rings. The van der Waals surface area contributed by atoms with Crippen molar-refractivity contribution in [2.24, 2.45) is 5.11 Å². The lowest BCUT2D eigenvalue weighted by molar-refractivity contribution is 0.0228. The van der Waals surface area contributed by atoms with Crippen LogP contribution < -0.4 is 0 Å². The van der Waals surface area contributed by atoms with E-state index in [9.17, 15) is 10.2 Å². The Balaban J connectivity index is 2.38. The normalized spacial score (nSPS) is 13.9. The molecule has 0 saturated heterocycles. The lowest BCUT2D eigenvalue weighted by Gasteiger charge is -2.16. The van der Waals surface area contributed by atoms with Gasteiger partial charge in [0.15, 0.2) is 0 Å². The highest BCUT2D eigenvalue weighted by atomic mass is 16.3. The Labute approximate surface area is 103 Å². The molecule has 0 saturated carbocycles. The third-order valence-electron chi connectivity index (χ3n) is 2.68. The quantitative estimate of drug-likeness (QED) is 0.488. The Morgan fingerprint density at radius 1 is 1.28 bits per heavy atom. The SMILES string of the molecule is [N-]=[N+]=NCC(O)C(O)c1nccc2ccccc12. The molecule has 0 spiro atoms. The van der Waals surface area contributed by atoms with Gasteiger partial charge in [0.2, 0.25) is 0 Å². The molecule has 2 rings (SSSR count). The van der Waals surface area contributed by atoms with Crippen LogP contribution in [0.3, 0.4) is 0 Å². The van der Waals surface area contributed by atoms with Crippen LogP contribution in [0.1, 0.15) is 11.8 Å². The maximum Gasteiger partial charge on any atom is 0.122 e. The van der Waals surface area contributed by atoms with Crippen LogP contribution in [0.2, 0.25) is 0 Å². The molecule has 0 fully saturated rings. The summed E-state index contributed by atoms with van der Waals surface area (Å²) in [7, 11) is 0. The smallest absolute Gasteiger partial charge is 0.122 e. The number of pyridine rings is 1. The molecule has 1 aromatic heterocycles. The Kier molecular flexibility index (Phi) is 3.74. The second-order valence-corrected chi connectivity index (χ2v) is 3.84. The molecule has 0 aliphatic carbocycles. The standard InChI is InChI=1S/C12H12N4O2/c13-16-15-7-10(17)12(18)11-9-4-2-1-3-8(9)5-6-14-11/h1-6,10,12,17-18H,7H2. The van der Waals surface area contributed by atoms with Gasteiger partial charge in [0, 0.05) is 16.5 Å². The summed E-state index contributed by atoms with van der Waals surface area (Å²) in [5.41, 5.74) is 8.57. The number of aromatic nitrogens is 1. The number of benzene rings is 1. The molecule has 1 aromatic carbocycles. The van der Waals surface area contributed by atoms with Crippen LogP contribution in [0.25, 0.3) is 21.2 Å². The number of nitrogens with zero attached hydrogens (tertiary/aromatic N) is 4. The van der Waals surface area contributed by atoms with E-state index in [2.05, 4.69) is 15.0 Å². The minimum atomic E-state index is -1.18. The topological polar surface area (TPSA) is 102 Å². The minimum Gasteiger partial charge on any atom is -0.390 e. The number of hydrogen-bond acceptors (Lipinski definition) is 4. The van der Waals surface area contributed by atoms with Gasteiger partial charge in [-0.3, -0.25) is 4.98 Å². The molecule has 6 nitrogen and oxygen atoms in total. The van der Waals surface area contributed by atoms with E-state index in [-0.39, 0.29) is 6.54 Å². The maximum atomic E-state index is 10.0. The van der Waals surface area contributed by atoms with E-state index in [4.69, 9.17) is 5.53 Å². The zero-order valence-electron chi connectivity index (χ0n) is 9.51. The highest BCUT2D eigenvalue weighted by Gasteiger charge is 2.20. The van der Waals surface area contributed by atoms with Crippen molar-refractivity contribution in [1.82, 2.24) is 4.98 Å². The van der Waals surface area contributed by atoms with Crippen molar-refractivity contribution in [3.8, 4) is 0 Å². The van der Waals surface area contributed by atoms with Crippen LogP contribution in [-0.2, 0) is 0 Å². The van der Waals surface area contributed by atoms with E-state index in [0.717, 1.165) is 10.8 Å². The van der Waals surface area contributed by atoms with Gasteiger partial charge in [-0.1, -0.05) is 29.4 Å². The molecule has 1 heterocycles. The van der Waals surface area contributed by atoms with Crippen molar-refractivity contribution in [3.05, 3.63) is 52.7 Å². The van der Waals surface area contributed by atoms with Crippen molar-refractivity contribution in [1.29, 1.82) is 0 Å². The Morgan fingerprint density at radius 3 is 2.83 bits per heavy atom. The Bertz CT molecular complexity index is 590. The molecule has 2 N–H and O–H groups in total. The van der Waals surface area contributed by atoms with Crippen LogP contribution in [0.15, 0.2) is 41.6 Å². The second-order valence-electron chi connectivity index (χ2n) is 3.84. The van der Waals surface area contributed by atoms with Gasteiger partial charge in [-0.25, -0.2) is 0 Å². The molecule has 0 amide bonds. The summed E-state index contributed by atoms with van der Waals surface area (Å²) in [6.45, 7) is -0.192. The number of rotatable bonds is 4. The first-order valence-electron chi connectivity index (χ1n) is 5.44. The molecule has 0 radical (unpaired) electrons. The number of hydrogen-bond donors (Lipinski definition) is 2. The summed E-state index contributed by atoms with van der Waals surface area (Å²) >= 11 is 0. The molecular weight excluding hydrogens is 232 g/mol. The van der Waals surface area contributed by atoms with Gasteiger partial charge >= 0.3 is 0 Å². The molecule has 2 atom stereocenters. The number of aliphatic hydroxyl groups excluding tert-OH is 2. The van der Waals surface area contributed by atoms with E-state index in [1.165, 1.54) is 0 Å². The van der Waals surface area contributed by atoms with E-state index in [1.807, 2.05) is 30.3 Å². The number of aliphatic hydroxyl groups is 2. The van der Waals surface area contributed by atoms with Crippen LogP contribution in [0.4, 0.5) is 0 Å². The highest BCUT2D eigenvalue weighted by Crippen LogP contribution is 2.24. The lowest BCUT2D eigenvalue weighted by atomic mass is 10.0. The van der Waals surface area contributed by atoms with Crippen LogP contribution in [0.5, 0.6) is 0 Å². The molecule has 2 unspecified atom stereocenters. The van der Waals surface area contributed by atoms with Crippen molar-refractivity contribution < 1.29 is 10.2 Å². The molecular formula is C12H12N4O2. The Hall–Kier alpha value is -2.14. The van der Waals surface area contributed by atoms with E-state index in [1.54, 1.807) is 6.20 Å². The largest absolute Gasteiger partial charge is 0.390 e. The fourth-order valence-electron chi connectivity index (χ4n) is 1.78. The van der Waals surface area contributed by atoms with Gasteiger partial charge in [-0.05, 0) is 17.0 Å². The third kappa shape index (κ3) is 2.41. The van der Waals surface area contributed by atoms with Crippen molar-refractivity contribution in [3.63, 3.8) is 0 Å². The van der Waals surface area contributed by atoms with Gasteiger partial charge in [-0.2, -0.15) is 0 Å². The predicted molar refractivity (Wildman–Crippen MR) is 66.7 cm³/mol. The van der Waals surface area contributed by atoms with Crippen LogP contribution in [0, 0.1) is 0 Å². The molecule has 92 valence electrons. The molecule has 18 heavy (non-hydrogen) atoms. The van der Waals surface area contributed by atoms with Crippen molar-refractivity contribution in [2.45, 2.75) is 12.2 Å². The first-order chi connectivity index (χ1) is 8.74. The van der Waals surface area contributed by atoms with Gasteiger partial charge in [0.05, 0.1) is 18.3 Å². The van der Waals surface area contributed by atoms with Gasteiger partial charge in [0.1, 0.15) is 6.10 Å². The number of azide groups is 1. The van der Waals surface area contributed by atoms with Gasteiger partial charge in [0.25, 0.3) is 0 Å². The minimum absolute atomic E-state index is 0.192. The Morgan fingerprint density at radius 2 is 2.06 bits per heavy atom. The molecule has 0 bridgehead atoms. The second kappa shape index (κ2) is 5.46. The van der Waals surface area contributed by atoms with Crippen LogP contribution >= 0.6 is 0 Å². The monoisotopic (exact) mass is 244 g/mol. The first kappa shape index (κ1) is 12.3. The summed E-state index contributed by atoms with van der Waals surface area (Å²) in [6.07, 6.45) is -0.776. The molecule has 6 heteroatoms. The molecule has 0 aliphatic heterocycles. The van der Waals surface area contributed by atoms with E-state index >= 15 is 0 Å². The van der Waals surface area contributed by atoms with Gasteiger partial charge < -0.3 is 10.2 Å². The van der Waals surface area contributed by atoms with Crippen molar-refractivity contribution in [2.75, 3.05) is 6.54 Å². The molecule has 2 aromatic rings. The third-order valence-corrected chi connectivity index (χ3v) is 2.68. The predicted octanol–water partition coefficient (Wildman–Crippen LogP) is 1.94.